The maximum Gasteiger partial charge on any atom is 0.154 e. The van der Waals surface area contributed by atoms with Gasteiger partial charge in [-0.1, -0.05) is 30.3 Å². The molecule has 0 aliphatic heterocycles. The fourth-order valence-electron chi connectivity index (χ4n) is 1.38. The van der Waals surface area contributed by atoms with Gasteiger partial charge in [-0.2, -0.15) is 0 Å². The van der Waals surface area contributed by atoms with E-state index in [0.717, 1.165) is 11.4 Å². The monoisotopic (exact) mass is 188 g/mol. The second-order valence-electron chi connectivity index (χ2n) is 3.19. The molecule has 1 atom stereocenters. The summed E-state index contributed by atoms with van der Waals surface area (Å²) >= 11 is 0. The fraction of sp³-hybridized carbons (Fsp3) is 0.200. The number of hydrogen-bond acceptors (Lipinski definition) is 3. The van der Waals surface area contributed by atoms with Crippen molar-refractivity contribution in [3.8, 4) is 0 Å². The number of aromatic nitrogens is 3. The van der Waals surface area contributed by atoms with Crippen molar-refractivity contribution in [3.05, 3.63) is 48.0 Å². The van der Waals surface area contributed by atoms with Crippen molar-refractivity contribution in [1.82, 2.24) is 14.8 Å². The van der Waals surface area contributed by atoms with E-state index in [2.05, 4.69) is 10.2 Å². The lowest BCUT2D eigenvalue weighted by Gasteiger charge is -2.10. The minimum Gasteiger partial charge on any atom is -0.319 e. The topological polar surface area (TPSA) is 56.7 Å². The SMILES string of the molecule is Cn1cnnc1[C@@H](N)c1ccccc1. The van der Waals surface area contributed by atoms with Gasteiger partial charge in [-0.15, -0.1) is 10.2 Å². The fourth-order valence-corrected chi connectivity index (χ4v) is 1.38. The molecule has 1 heterocycles. The molecule has 0 fully saturated rings. The molecule has 0 amide bonds. The molecule has 0 radical (unpaired) electrons. The Morgan fingerprint density at radius 3 is 2.57 bits per heavy atom. The first-order valence-corrected chi connectivity index (χ1v) is 4.43. The Morgan fingerprint density at radius 2 is 2.00 bits per heavy atom. The first-order valence-electron chi connectivity index (χ1n) is 4.43. The van der Waals surface area contributed by atoms with Gasteiger partial charge in [0.15, 0.2) is 5.82 Å². The van der Waals surface area contributed by atoms with Gasteiger partial charge in [-0.3, -0.25) is 0 Å². The molecule has 14 heavy (non-hydrogen) atoms. The Hall–Kier alpha value is -1.68. The van der Waals surface area contributed by atoms with Gasteiger partial charge in [-0.05, 0) is 5.56 Å². The summed E-state index contributed by atoms with van der Waals surface area (Å²) in [7, 11) is 1.89. The molecule has 0 spiro atoms. The van der Waals surface area contributed by atoms with E-state index in [1.165, 1.54) is 0 Å². The van der Waals surface area contributed by atoms with E-state index in [4.69, 9.17) is 5.73 Å². The van der Waals surface area contributed by atoms with Crippen LogP contribution in [0.2, 0.25) is 0 Å². The summed E-state index contributed by atoms with van der Waals surface area (Å²) < 4.78 is 1.83. The molecule has 0 saturated heterocycles. The molecule has 72 valence electrons. The average Bonchev–Trinajstić information content (AvgIpc) is 2.65. The zero-order valence-electron chi connectivity index (χ0n) is 7.96. The number of nitrogens with two attached hydrogens (primary N) is 1. The summed E-state index contributed by atoms with van der Waals surface area (Å²) in [6.45, 7) is 0. The molecule has 1 aromatic heterocycles. The predicted molar refractivity (Wildman–Crippen MR) is 53.5 cm³/mol. The van der Waals surface area contributed by atoms with E-state index in [1.807, 2.05) is 41.9 Å². The molecule has 0 aliphatic carbocycles. The van der Waals surface area contributed by atoms with Crippen LogP contribution in [0.5, 0.6) is 0 Å². The molecule has 1 aromatic carbocycles. The number of nitrogens with zero attached hydrogens (tertiary/aromatic N) is 3. The highest BCUT2D eigenvalue weighted by molar-refractivity contribution is 5.23. The number of rotatable bonds is 2. The van der Waals surface area contributed by atoms with Crippen LogP contribution in [0, 0.1) is 0 Å². The third kappa shape index (κ3) is 1.52. The molecular formula is C10H12N4. The number of hydrogen-bond donors (Lipinski definition) is 1. The highest BCUT2D eigenvalue weighted by Crippen LogP contribution is 2.15. The van der Waals surface area contributed by atoms with Crippen molar-refractivity contribution in [2.45, 2.75) is 6.04 Å². The highest BCUT2D eigenvalue weighted by atomic mass is 15.3. The Kier molecular flexibility index (Phi) is 2.28. The Balaban J connectivity index is 2.34. The number of benzene rings is 1. The molecule has 0 unspecified atom stereocenters. The van der Waals surface area contributed by atoms with Crippen LogP contribution in [0.25, 0.3) is 0 Å². The normalized spacial score (nSPS) is 12.7. The summed E-state index contributed by atoms with van der Waals surface area (Å²) in [5.41, 5.74) is 7.08. The van der Waals surface area contributed by atoms with Crippen LogP contribution < -0.4 is 5.73 Å². The van der Waals surface area contributed by atoms with E-state index in [9.17, 15) is 0 Å². The summed E-state index contributed by atoms with van der Waals surface area (Å²) in [6, 6.07) is 9.66. The summed E-state index contributed by atoms with van der Waals surface area (Å²) in [4.78, 5) is 0. The predicted octanol–water partition coefficient (Wildman–Crippen LogP) is 0.863. The quantitative estimate of drug-likeness (QED) is 0.760. The molecule has 2 N–H and O–H groups in total. The van der Waals surface area contributed by atoms with Gasteiger partial charge in [0.2, 0.25) is 0 Å². The van der Waals surface area contributed by atoms with Crippen LogP contribution in [-0.2, 0) is 7.05 Å². The van der Waals surface area contributed by atoms with E-state index in [0.29, 0.717) is 0 Å². The Labute approximate surface area is 82.4 Å². The van der Waals surface area contributed by atoms with Crippen molar-refractivity contribution in [2.24, 2.45) is 12.8 Å². The van der Waals surface area contributed by atoms with Gasteiger partial charge in [0.1, 0.15) is 6.33 Å². The highest BCUT2D eigenvalue weighted by Gasteiger charge is 2.12. The van der Waals surface area contributed by atoms with E-state index in [1.54, 1.807) is 6.33 Å². The summed E-state index contributed by atoms with van der Waals surface area (Å²) in [5, 5.41) is 7.78. The molecule has 4 heteroatoms. The van der Waals surface area contributed by atoms with Crippen LogP contribution in [-0.4, -0.2) is 14.8 Å². The first kappa shape index (κ1) is 8.90. The lowest BCUT2D eigenvalue weighted by Crippen LogP contribution is -2.16. The molecule has 0 saturated carbocycles. The summed E-state index contributed by atoms with van der Waals surface area (Å²) in [5.74, 6) is 0.774. The maximum absolute atomic E-state index is 6.04. The lowest BCUT2D eigenvalue weighted by molar-refractivity contribution is 0.714. The minimum absolute atomic E-state index is 0.205. The minimum atomic E-state index is -0.205. The van der Waals surface area contributed by atoms with Gasteiger partial charge >= 0.3 is 0 Å². The van der Waals surface area contributed by atoms with Crippen LogP contribution in [0.4, 0.5) is 0 Å². The molecule has 2 rings (SSSR count). The van der Waals surface area contributed by atoms with Gasteiger partial charge in [0, 0.05) is 7.05 Å². The average molecular weight is 188 g/mol. The lowest BCUT2D eigenvalue weighted by atomic mass is 10.1. The Bertz CT molecular complexity index is 407. The van der Waals surface area contributed by atoms with Crippen LogP contribution in [0.15, 0.2) is 36.7 Å². The van der Waals surface area contributed by atoms with Gasteiger partial charge < -0.3 is 10.3 Å². The first-order chi connectivity index (χ1) is 6.79. The zero-order chi connectivity index (χ0) is 9.97. The molecule has 4 nitrogen and oxygen atoms in total. The van der Waals surface area contributed by atoms with Crippen molar-refractivity contribution in [3.63, 3.8) is 0 Å². The van der Waals surface area contributed by atoms with Crippen LogP contribution in [0.3, 0.4) is 0 Å². The van der Waals surface area contributed by atoms with E-state index in [-0.39, 0.29) is 6.04 Å². The number of aryl methyl sites for hydroxylation is 1. The maximum atomic E-state index is 6.04. The molecular weight excluding hydrogens is 176 g/mol. The van der Waals surface area contributed by atoms with E-state index >= 15 is 0 Å². The Morgan fingerprint density at radius 1 is 1.29 bits per heavy atom. The zero-order valence-corrected chi connectivity index (χ0v) is 7.96. The molecule has 0 aliphatic rings. The third-order valence-corrected chi connectivity index (χ3v) is 2.18. The molecule has 0 bridgehead atoms. The third-order valence-electron chi connectivity index (χ3n) is 2.18. The van der Waals surface area contributed by atoms with Crippen molar-refractivity contribution in [2.75, 3.05) is 0 Å². The largest absolute Gasteiger partial charge is 0.319 e. The second-order valence-corrected chi connectivity index (χ2v) is 3.19. The van der Waals surface area contributed by atoms with Crippen molar-refractivity contribution < 1.29 is 0 Å². The molecule has 2 aromatic rings. The van der Waals surface area contributed by atoms with E-state index < -0.39 is 0 Å². The van der Waals surface area contributed by atoms with Gasteiger partial charge in [-0.25, -0.2) is 0 Å². The summed E-state index contributed by atoms with van der Waals surface area (Å²) in [6.07, 6.45) is 1.65. The van der Waals surface area contributed by atoms with Crippen molar-refractivity contribution in [1.29, 1.82) is 0 Å². The smallest absolute Gasteiger partial charge is 0.154 e. The van der Waals surface area contributed by atoms with Crippen LogP contribution in [0.1, 0.15) is 17.4 Å². The van der Waals surface area contributed by atoms with Gasteiger partial charge in [0.25, 0.3) is 0 Å². The van der Waals surface area contributed by atoms with Gasteiger partial charge in [0.05, 0.1) is 6.04 Å². The van der Waals surface area contributed by atoms with Crippen molar-refractivity contribution >= 4 is 0 Å². The standard InChI is InChI=1S/C10H12N4/c1-14-7-12-13-10(14)9(11)8-5-3-2-4-6-8/h2-7,9H,11H2,1H3/t9-/m0/s1. The second kappa shape index (κ2) is 3.59. The van der Waals surface area contributed by atoms with Crippen LogP contribution >= 0.6 is 0 Å².